The van der Waals surface area contributed by atoms with Gasteiger partial charge in [-0.15, -0.1) is 0 Å². The smallest absolute Gasteiger partial charge is 0.311 e. The van der Waals surface area contributed by atoms with E-state index in [1.807, 2.05) is 13.8 Å². The van der Waals surface area contributed by atoms with E-state index in [0.717, 1.165) is 0 Å². The third-order valence-electron chi connectivity index (χ3n) is 2.81. The highest BCUT2D eigenvalue weighted by Crippen LogP contribution is 2.32. The summed E-state index contributed by atoms with van der Waals surface area (Å²) in [4.78, 5) is 11.2. The lowest BCUT2D eigenvalue weighted by atomic mass is 9.82. The van der Waals surface area contributed by atoms with E-state index in [2.05, 4.69) is 0 Å². The van der Waals surface area contributed by atoms with Crippen molar-refractivity contribution in [2.24, 2.45) is 5.92 Å². The minimum Gasteiger partial charge on any atom is -0.465 e. The Labute approximate surface area is 72.7 Å². The molecule has 0 aromatic heterocycles. The summed E-state index contributed by atoms with van der Waals surface area (Å²) in [6.07, 6.45) is 1.89. The Bertz CT molecular complexity index is 173. The highest BCUT2D eigenvalue weighted by molar-refractivity contribution is 5.75. The van der Waals surface area contributed by atoms with Gasteiger partial charge < -0.3 is 9.84 Å². The monoisotopic (exact) mass is 172 g/mol. The molecule has 0 bridgehead atoms. The van der Waals surface area contributed by atoms with Gasteiger partial charge in [0.05, 0.1) is 18.1 Å². The van der Waals surface area contributed by atoms with Crippen LogP contribution in [0.4, 0.5) is 0 Å². The zero-order chi connectivity index (χ0) is 9.19. The van der Waals surface area contributed by atoms with Crippen molar-refractivity contribution in [2.75, 3.05) is 6.61 Å². The fraction of sp³-hybridized carbons (Fsp3) is 0.889. The number of ether oxygens (including phenoxy) is 1. The van der Waals surface area contributed by atoms with Gasteiger partial charge in [-0.05, 0) is 19.3 Å². The molecule has 1 aliphatic rings. The van der Waals surface area contributed by atoms with Crippen LogP contribution >= 0.6 is 0 Å². The summed E-state index contributed by atoms with van der Waals surface area (Å²) in [5.41, 5.74) is -0.840. The van der Waals surface area contributed by atoms with Gasteiger partial charge in [-0.2, -0.15) is 0 Å². The van der Waals surface area contributed by atoms with Crippen molar-refractivity contribution in [1.29, 1.82) is 0 Å². The number of aliphatic hydroxyl groups is 1. The van der Waals surface area contributed by atoms with Crippen LogP contribution in [0, 0.1) is 5.92 Å². The van der Waals surface area contributed by atoms with Crippen LogP contribution in [-0.4, -0.2) is 23.3 Å². The highest BCUT2D eigenvalue weighted by Gasteiger charge is 2.42. The van der Waals surface area contributed by atoms with E-state index in [4.69, 9.17) is 4.74 Å². The zero-order valence-electron chi connectivity index (χ0n) is 7.67. The second kappa shape index (κ2) is 3.44. The molecule has 1 N–H and O–H groups in total. The molecule has 1 saturated heterocycles. The summed E-state index contributed by atoms with van der Waals surface area (Å²) >= 11 is 0. The molecule has 3 heteroatoms. The van der Waals surface area contributed by atoms with Crippen LogP contribution < -0.4 is 0 Å². The SMILES string of the molecule is CCC(O)(CC)C1CCOC1=O. The number of hydrogen-bond acceptors (Lipinski definition) is 3. The van der Waals surface area contributed by atoms with Crippen LogP contribution in [0.1, 0.15) is 33.1 Å². The lowest BCUT2D eigenvalue weighted by molar-refractivity contribution is -0.149. The minimum atomic E-state index is -0.840. The van der Waals surface area contributed by atoms with E-state index in [9.17, 15) is 9.90 Å². The first-order chi connectivity index (χ1) is 5.64. The van der Waals surface area contributed by atoms with Gasteiger partial charge in [-0.3, -0.25) is 4.79 Å². The predicted octanol–water partition coefficient (Wildman–Crippen LogP) is 1.10. The van der Waals surface area contributed by atoms with E-state index in [1.54, 1.807) is 0 Å². The van der Waals surface area contributed by atoms with Gasteiger partial charge in [0.25, 0.3) is 0 Å². The first-order valence-electron chi connectivity index (χ1n) is 4.53. The number of carbonyl (C=O) groups is 1. The van der Waals surface area contributed by atoms with Crippen molar-refractivity contribution in [1.82, 2.24) is 0 Å². The summed E-state index contributed by atoms with van der Waals surface area (Å²) in [6.45, 7) is 4.26. The van der Waals surface area contributed by atoms with Crippen LogP contribution in [-0.2, 0) is 9.53 Å². The molecule has 0 aromatic carbocycles. The Balaban J connectivity index is 2.71. The maximum Gasteiger partial charge on any atom is 0.311 e. The van der Waals surface area contributed by atoms with Crippen LogP contribution in [0.15, 0.2) is 0 Å². The largest absolute Gasteiger partial charge is 0.465 e. The Morgan fingerprint density at radius 2 is 2.17 bits per heavy atom. The van der Waals surface area contributed by atoms with Crippen LogP contribution in [0.25, 0.3) is 0 Å². The highest BCUT2D eigenvalue weighted by atomic mass is 16.5. The summed E-state index contributed by atoms with van der Waals surface area (Å²) < 4.78 is 4.82. The summed E-state index contributed by atoms with van der Waals surface area (Å²) in [5, 5.41) is 10.00. The summed E-state index contributed by atoms with van der Waals surface area (Å²) in [6, 6.07) is 0. The summed E-state index contributed by atoms with van der Waals surface area (Å²) in [7, 11) is 0. The average Bonchev–Trinajstić information content (AvgIpc) is 2.51. The zero-order valence-corrected chi connectivity index (χ0v) is 7.67. The minimum absolute atomic E-state index is 0.235. The van der Waals surface area contributed by atoms with E-state index >= 15 is 0 Å². The molecule has 1 unspecified atom stereocenters. The van der Waals surface area contributed by atoms with Crippen molar-refractivity contribution in [2.45, 2.75) is 38.7 Å². The summed E-state index contributed by atoms with van der Waals surface area (Å²) in [5.74, 6) is -0.534. The van der Waals surface area contributed by atoms with Crippen molar-refractivity contribution in [3.63, 3.8) is 0 Å². The molecule has 0 amide bonds. The lowest BCUT2D eigenvalue weighted by Gasteiger charge is -2.28. The number of cyclic esters (lactones) is 1. The lowest BCUT2D eigenvalue weighted by Crippen LogP contribution is -2.39. The van der Waals surface area contributed by atoms with Crippen molar-refractivity contribution >= 4 is 5.97 Å². The molecule has 0 spiro atoms. The Morgan fingerprint density at radius 1 is 1.58 bits per heavy atom. The van der Waals surface area contributed by atoms with Gasteiger partial charge in [-0.25, -0.2) is 0 Å². The second-order valence-electron chi connectivity index (χ2n) is 3.32. The van der Waals surface area contributed by atoms with Crippen LogP contribution in [0.3, 0.4) is 0 Å². The van der Waals surface area contributed by atoms with Gasteiger partial charge >= 0.3 is 5.97 Å². The molecular weight excluding hydrogens is 156 g/mol. The average molecular weight is 172 g/mol. The number of hydrogen-bond donors (Lipinski definition) is 1. The van der Waals surface area contributed by atoms with Gasteiger partial charge in [0.15, 0.2) is 0 Å². The fourth-order valence-electron chi connectivity index (χ4n) is 1.73. The van der Waals surface area contributed by atoms with Gasteiger partial charge in [-0.1, -0.05) is 13.8 Å². The molecule has 1 fully saturated rings. The molecule has 0 radical (unpaired) electrons. The molecule has 1 rings (SSSR count). The van der Waals surface area contributed by atoms with E-state index < -0.39 is 5.60 Å². The second-order valence-corrected chi connectivity index (χ2v) is 3.32. The topological polar surface area (TPSA) is 46.5 Å². The Morgan fingerprint density at radius 3 is 2.50 bits per heavy atom. The van der Waals surface area contributed by atoms with Crippen molar-refractivity contribution < 1.29 is 14.6 Å². The normalized spacial score (nSPS) is 24.2. The third kappa shape index (κ3) is 1.46. The third-order valence-corrected chi connectivity index (χ3v) is 2.81. The maximum atomic E-state index is 11.2. The van der Waals surface area contributed by atoms with Gasteiger partial charge in [0, 0.05) is 0 Å². The molecule has 3 nitrogen and oxygen atoms in total. The molecule has 1 aliphatic heterocycles. The maximum absolute atomic E-state index is 11.2. The Kier molecular flexibility index (Phi) is 2.73. The number of rotatable bonds is 3. The van der Waals surface area contributed by atoms with Gasteiger partial charge in [0.1, 0.15) is 0 Å². The molecule has 0 aliphatic carbocycles. The van der Waals surface area contributed by atoms with Crippen LogP contribution in [0.2, 0.25) is 0 Å². The molecule has 0 aromatic rings. The first kappa shape index (κ1) is 9.52. The number of esters is 1. The molecule has 70 valence electrons. The molecule has 0 saturated carbocycles. The molecule has 12 heavy (non-hydrogen) atoms. The standard InChI is InChI=1S/C9H16O3/c1-3-9(11,4-2)7-5-6-12-8(7)10/h7,11H,3-6H2,1-2H3. The predicted molar refractivity (Wildman–Crippen MR) is 44.6 cm³/mol. The Hall–Kier alpha value is -0.570. The molecule has 1 atom stereocenters. The first-order valence-corrected chi connectivity index (χ1v) is 4.53. The molecular formula is C9H16O3. The van der Waals surface area contributed by atoms with E-state index in [1.165, 1.54) is 0 Å². The van der Waals surface area contributed by atoms with Crippen LogP contribution in [0.5, 0.6) is 0 Å². The number of carbonyl (C=O) groups excluding carboxylic acids is 1. The van der Waals surface area contributed by atoms with Gasteiger partial charge in [0.2, 0.25) is 0 Å². The molecule has 1 heterocycles. The van der Waals surface area contributed by atoms with E-state index in [0.29, 0.717) is 25.9 Å². The van der Waals surface area contributed by atoms with Crippen molar-refractivity contribution in [3.05, 3.63) is 0 Å². The van der Waals surface area contributed by atoms with Crippen molar-refractivity contribution in [3.8, 4) is 0 Å². The quantitative estimate of drug-likeness (QED) is 0.648. The fourth-order valence-corrected chi connectivity index (χ4v) is 1.73. The van der Waals surface area contributed by atoms with E-state index in [-0.39, 0.29) is 11.9 Å².